The van der Waals surface area contributed by atoms with E-state index in [2.05, 4.69) is 45.8 Å². The van der Waals surface area contributed by atoms with Crippen molar-refractivity contribution < 1.29 is 0 Å². The fraction of sp³-hybridized carbons (Fsp3) is 0.393. The Morgan fingerprint density at radius 1 is 1.09 bits per heavy atom. The van der Waals surface area contributed by atoms with Crippen molar-refractivity contribution >= 4 is 22.5 Å². The molecule has 178 valence electrons. The van der Waals surface area contributed by atoms with Gasteiger partial charge in [0, 0.05) is 40.3 Å². The van der Waals surface area contributed by atoms with Gasteiger partial charge < -0.3 is 9.88 Å². The highest BCUT2D eigenvalue weighted by Gasteiger charge is 2.38. The first-order valence-corrected chi connectivity index (χ1v) is 13.0. The molecular weight excluding hydrogens is 456 g/mol. The van der Waals surface area contributed by atoms with Crippen LogP contribution >= 0.6 is 11.6 Å². The third-order valence-corrected chi connectivity index (χ3v) is 8.19. The van der Waals surface area contributed by atoms with E-state index >= 15 is 0 Å². The van der Waals surface area contributed by atoms with Crippen molar-refractivity contribution in [2.75, 3.05) is 6.54 Å². The van der Waals surface area contributed by atoms with Gasteiger partial charge in [-0.05, 0) is 54.9 Å². The number of aromatic nitrogens is 4. The number of rotatable bonds is 5. The lowest BCUT2D eigenvalue weighted by atomic mass is 9.72. The quantitative estimate of drug-likeness (QED) is 0.334. The second-order valence-corrected chi connectivity index (χ2v) is 10.4. The fourth-order valence-corrected chi connectivity index (χ4v) is 6.39. The number of fused-ring (bicyclic) bond motifs is 2. The molecule has 2 aromatic heterocycles. The summed E-state index contributed by atoms with van der Waals surface area (Å²) in [5.74, 6) is 1.38. The number of H-pyrrole nitrogens is 1. The summed E-state index contributed by atoms with van der Waals surface area (Å²) in [5, 5.41) is 20.7. The van der Waals surface area contributed by atoms with Crippen molar-refractivity contribution in [3.05, 3.63) is 71.0 Å². The Labute approximate surface area is 210 Å². The summed E-state index contributed by atoms with van der Waals surface area (Å²) >= 11 is 6.16. The molecule has 0 bridgehead atoms. The predicted molar refractivity (Wildman–Crippen MR) is 138 cm³/mol. The molecular formula is C28H29ClN6. The van der Waals surface area contributed by atoms with Crippen LogP contribution in [0.2, 0.25) is 5.02 Å². The standard InChI is InChI=1S/C28H29ClN6/c29-22-9-5-8-20(14-22)26-17-35(33-32-26)13-12-24-23-10-3-4-11-25(23)31-28(24)27-15-19-6-1-2-7-21(19)16-34(27)18-30/h3-5,8-11,14,17,19,21,27,31H,1-2,6-7,12-13,15-16H2. The molecule has 6 rings (SSSR count). The van der Waals surface area contributed by atoms with Gasteiger partial charge in [-0.3, -0.25) is 4.68 Å². The van der Waals surface area contributed by atoms with Crippen LogP contribution in [-0.4, -0.2) is 31.4 Å². The van der Waals surface area contributed by atoms with Crippen LogP contribution in [0.5, 0.6) is 0 Å². The van der Waals surface area contributed by atoms with Crippen molar-refractivity contribution in [2.45, 2.75) is 51.1 Å². The third kappa shape index (κ3) is 4.30. The number of nitriles is 1. The number of likely N-dealkylation sites (tertiary alicyclic amines) is 1. The molecule has 3 heterocycles. The van der Waals surface area contributed by atoms with Gasteiger partial charge in [-0.1, -0.05) is 66.4 Å². The molecule has 3 unspecified atom stereocenters. The zero-order valence-corrected chi connectivity index (χ0v) is 20.5. The molecule has 3 atom stereocenters. The number of hydrogen-bond donors (Lipinski definition) is 1. The van der Waals surface area contributed by atoms with Crippen LogP contribution in [0.4, 0.5) is 0 Å². The summed E-state index contributed by atoms with van der Waals surface area (Å²) in [5.41, 5.74) is 5.41. The number of hydrogen-bond acceptors (Lipinski definition) is 4. The molecule has 2 aliphatic rings. The van der Waals surface area contributed by atoms with E-state index in [1.807, 2.05) is 40.0 Å². The van der Waals surface area contributed by atoms with Gasteiger partial charge in [0.2, 0.25) is 0 Å². The van der Waals surface area contributed by atoms with E-state index in [4.69, 9.17) is 11.6 Å². The molecule has 2 fully saturated rings. The van der Waals surface area contributed by atoms with Gasteiger partial charge >= 0.3 is 0 Å². The highest BCUT2D eigenvalue weighted by atomic mass is 35.5. The van der Waals surface area contributed by atoms with E-state index < -0.39 is 0 Å². The van der Waals surface area contributed by atoms with Gasteiger partial charge in [-0.2, -0.15) is 5.26 Å². The molecule has 4 aromatic rings. The number of aryl methyl sites for hydroxylation is 2. The molecule has 0 radical (unpaired) electrons. The first kappa shape index (κ1) is 22.2. The number of piperidine rings is 1. The van der Waals surface area contributed by atoms with Crippen LogP contribution in [-0.2, 0) is 13.0 Å². The number of aromatic amines is 1. The monoisotopic (exact) mass is 484 g/mol. The van der Waals surface area contributed by atoms with Crippen molar-refractivity contribution in [1.82, 2.24) is 24.9 Å². The van der Waals surface area contributed by atoms with Crippen LogP contribution in [0.1, 0.15) is 49.4 Å². The van der Waals surface area contributed by atoms with Crippen molar-refractivity contribution in [3.63, 3.8) is 0 Å². The Kier molecular flexibility index (Phi) is 5.95. The van der Waals surface area contributed by atoms with Crippen LogP contribution in [0.25, 0.3) is 22.2 Å². The molecule has 1 N–H and O–H groups in total. The minimum Gasteiger partial charge on any atom is -0.356 e. The highest BCUT2D eigenvalue weighted by molar-refractivity contribution is 6.30. The zero-order valence-electron chi connectivity index (χ0n) is 19.7. The lowest BCUT2D eigenvalue weighted by molar-refractivity contribution is 0.0746. The maximum Gasteiger partial charge on any atom is 0.179 e. The van der Waals surface area contributed by atoms with E-state index in [-0.39, 0.29) is 6.04 Å². The van der Waals surface area contributed by atoms with Crippen LogP contribution in [0.15, 0.2) is 54.7 Å². The first-order valence-electron chi connectivity index (χ1n) is 12.6. The third-order valence-electron chi connectivity index (χ3n) is 7.96. The Hall–Kier alpha value is -3.30. The molecule has 35 heavy (non-hydrogen) atoms. The molecule has 1 aliphatic heterocycles. The summed E-state index contributed by atoms with van der Waals surface area (Å²) in [6.07, 6.45) is 11.6. The Balaban J connectivity index is 1.29. The highest BCUT2D eigenvalue weighted by Crippen LogP contribution is 2.45. The van der Waals surface area contributed by atoms with E-state index in [0.29, 0.717) is 23.4 Å². The van der Waals surface area contributed by atoms with Crippen molar-refractivity contribution in [3.8, 4) is 17.5 Å². The SMILES string of the molecule is N#CN1CC2CCCCC2CC1c1[nH]c2ccccc2c1CCn1cc(-c2cccc(Cl)c2)nn1. The van der Waals surface area contributed by atoms with Crippen LogP contribution in [0, 0.1) is 23.3 Å². The molecule has 1 aliphatic carbocycles. The maximum atomic E-state index is 10.0. The van der Waals surface area contributed by atoms with E-state index in [1.54, 1.807) is 0 Å². The van der Waals surface area contributed by atoms with E-state index in [1.165, 1.54) is 42.3 Å². The minimum atomic E-state index is 0.111. The lowest BCUT2D eigenvalue weighted by Gasteiger charge is -2.44. The normalized spacial score (nSPS) is 22.2. The number of benzene rings is 2. The second-order valence-electron chi connectivity index (χ2n) is 10.00. The van der Waals surface area contributed by atoms with Crippen LogP contribution < -0.4 is 0 Å². The Bertz CT molecular complexity index is 1380. The number of halogens is 1. The summed E-state index contributed by atoms with van der Waals surface area (Å²) in [6.45, 7) is 1.60. The largest absolute Gasteiger partial charge is 0.356 e. The number of nitrogens with one attached hydrogen (secondary N) is 1. The molecule has 1 saturated heterocycles. The fourth-order valence-electron chi connectivity index (χ4n) is 6.20. The lowest BCUT2D eigenvalue weighted by Crippen LogP contribution is -2.41. The molecule has 0 spiro atoms. The molecule has 6 nitrogen and oxygen atoms in total. The van der Waals surface area contributed by atoms with Crippen molar-refractivity contribution in [2.24, 2.45) is 11.8 Å². The minimum absolute atomic E-state index is 0.111. The Morgan fingerprint density at radius 3 is 2.80 bits per heavy atom. The first-order chi connectivity index (χ1) is 17.2. The summed E-state index contributed by atoms with van der Waals surface area (Å²) in [4.78, 5) is 5.75. The molecule has 0 amide bonds. The molecule has 2 aromatic carbocycles. The van der Waals surface area contributed by atoms with Crippen LogP contribution in [0.3, 0.4) is 0 Å². The number of para-hydroxylation sites is 1. The molecule has 1 saturated carbocycles. The van der Waals surface area contributed by atoms with Gasteiger partial charge in [-0.15, -0.1) is 5.10 Å². The second kappa shape index (κ2) is 9.39. The van der Waals surface area contributed by atoms with Gasteiger partial charge in [0.25, 0.3) is 0 Å². The van der Waals surface area contributed by atoms with E-state index in [9.17, 15) is 5.26 Å². The number of nitrogens with zero attached hydrogens (tertiary/aromatic N) is 5. The summed E-state index contributed by atoms with van der Waals surface area (Å²) in [7, 11) is 0. The van der Waals surface area contributed by atoms with Gasteiger partial charge in [0.05, 0.1) is 12.2 Å². The molecule has 7 heteroatoms. The Morgan fingerprint density at radius 2 is 1.94 bits per heavy atom. The van der Waals surface area contributed by atoms with Gasteiger partial charge in [0.15, 0.2) is 6.19 Å². The summed E-state index contributed by atoms with van der Waals surface area (Å²) < 4.78 is 1.90. The van der Waals surface area contributed by atoms with Crippen molar-refractivity contribution in [1.29, 1.82) is 5.26 Å². The topological polar surface area (TPSA) is 73.5 Å². The smallest absolute Gasteiger partial charge is 0.179 e. The zero-order chi connectivity index (χ0) is 23.8. The van der Waals surface area contributed by atoms with Gasteiger partial charge in [0.1, 0.15) is 5.69 Å². The predicted octanol–water partition coefficient (Wildman–Crippen LogP) is 6.36. The summed E-state index contributed by atoms with van der Waals surface area (Å²) in [6, 6.07) is 16.3. The van der Waals surface area contributed by atoms with E-state index in [0.717, 1.165) is 36.2 Å². The van der Waals surface area contributed by atoms with Gasteiger partial charge in [-0.25, -0.2) is 0 Å². The average molecular weight is 485 g/mol. The average Bonchev–Trinajstić information content (AvgIpc) is 3.51. The maximum absolute atomic E-state index is 10.0.